The Morgan fingerprint density at radius 2 is 2.23 bits per heavy atom. The van der Waals surface area contributed by atoms with Crippen LogP contribution >= 0.6 is 23.4 Å². The molecule has 0 fully saturated rings. The van der Waals surface area contributed by atoms with E-state index >= 15 is 0 Å². The first kappa shape index (κ1) is 18.3. The molecular formula is C17H17ClN4O3S. The first-order valence-corrected chi connectivity index (χ1v) is 9.15. The van der Waals surface area contributed by atoms with E-state index in [1.165, 1.54) is 11.8 Å². The highest BCUT2D eigenvalue weighted by Crippen LogP contribution is 2.31. The zero-order valence-electron chi connectivity index (χ0n) is 14.0. The standard InChI is InChI=1S/C17H17ClN4O3S/c1-24-13-5-4-12(18)9-11(13)10-26-17-21-20-16(14-3-2-8-25-14)22(17)7-6-15(19)23/h2-5,8-9H,6-7,10H2,1H3,(H2,19,23). The van der Waals surface area contributed by atoms with Crippen LogP contribution in [0.4, 0.5) is 0 Å². The average molecular weight is 393 g/mol. The SMILES string of the molecule is COc1ccc(Cl)cc1CSc1nnc(-c2ccco2)n1CCC(N)=O. The van der Waals surface area contributed by atoms with E-state index < -0.39 is 5.91 Å². The molecule has 0 aliphatic heterocycles. The fraction of sp³-hybridized carbons (Fsp3) is 0.235. The number of methoxy groups -OCH3 is 1. The molecule has 0 spiro atoms. The van der Waals surface area contributed by atoms with E-state index in [0.717, 1.165) is 11.3 Å². The summed E-state index contributed by atoms with van der Waals surface area (Å²) in [4.78, 5) is 11.2. The van der Waals surface area contributed by atoms with Gasteiger partial charge in [-0.15, -0.1) is 10.2 Å². The smallest absolute Gasteiger partial charge is 0.219 e. The summed E-state index contributed by atoms with van der Waals surface area (Å²) in [7, 11) is 1.61. The topological polar surface area (TPSA) is 96.2 Å². The summed E-state index contributed by atoms with van der Waals surface area (Å²) < 4.78 is 12.6. The molecule has 9 heteroatoms. The maximum Gasteiger partial charge on any atom is 0.219 e. The summed E-state index contributed by atoms with van der Waals surface area (Å²) in [5.74, 6) is 2.07. The number of amides is 1. The van der Waals surface area contributed by atoms with E-state index in [-0.39, 0.29) is 6.42 Å². The second-order valence-corrected chi connectivity index (χ2v) is 6.78. The van der Waals surface area contributed by atoms with Gasteiger partial charge in [-0.1, -0.05) is 23.4 Å². The molecule has 0 aliphatic rings. The molecule has 3 aromatic rings. The minimum Gasteiger partial charge on any atom is -0.496 e. The van der Waals surface area contributed by atoms with E-state index in [9.17, 15) is 4.79 Å². The lowest BCUT2D eigenvalue weighted by molar-refractivity contribution is -0.118. The minimum absolute atomic E-state index is 0.180. The predicted molar refractivity (Wildman–Crippen MR) is 99.1 cm³/mol. The fourth-order valence-electron chi connectivity index (χ4n) is 2.41. The fourth-order valence-corrected chi connectivity index (χ4v) is 3.55. The molecule has 0 bridgehead atoms. The number of carbonyl (C=O) groups is 1. The molecule has 0 atom stereocenters. The number of aromatic nitrogens is 3. The Morgan fingerprint density at radius 1 is 1.38 bits per heavy atom. The van der Waals surface area contributed by atoms with Crippen LogP contribution in [0.3, 0.4) is 0 Å². The van der Waals surface area contributed by atoms with Crippen molar-refractivity contribution in [3.8, 4) is 17.3 Å². The second-order valence-electron chi connectivity index (χ2n) is 5.40. The van der Waals surface area contributed by atoms with Gasteiger partial charge in [-0.05, 0) is 30.3 Å². The molecule has 0 radical (unpaired) electrons. The molecule has 0 saturated carbocycles. The number of nitrogens with two attached hydrogens (primary N) is 1. The number of benzene rings is 1. The third-order valence-electron chi connectivity index (χ3n) is 3.64. The largest absolute Gasteiger partial charge is 0.496 e. The third kappa shape index (κ3) is 4.20. The molecule has 1 amide bonds. The van der Waals surface area contributed by atoms with Gasteiger partial charge in [0, 0.05) is 29.3 Å². The molecular weight excluding hydrogens is 376 g/mol. The summed E-state index contributed by atoms with van der Waals surface area (Å²) in [5.41, 5.74) is 6.23. The number of carbonyl (C=O) groups excluding carboxylic acids is 1. The molecule has 0 aliphatic carbocycles. The Labute approximate surface area is 159 Å². The van der Waals surface area contributed by atoms with Crippen molar-refractivity contribution in [2.45, 2.75) is 23.9 Å². The Morgan fingerprint density at radius 3 is 2.92 bits per heavy atom. The molecule has 7 nitrogen and oxygen atoms in total. The highest BCUT2D eigenvalue weighted by molar-refractivity contribution is 7.98. The van der Waals surface area contributed by atoms with E-state index in [1.807, 2.05) is 16.7 Å². The number of primary amides is 1. The van der Waals surface area contributed by atoms with Crippen LogP contribution in [0.2, 0.25) is 5.02 Å². The quantitative estimate of drug-likeness (QED) is 0.590. The number of nitrogens with zero attached hydrogens (tertiary/aromatic N) is 3. The first-order chi connectivity index (χ1) is 12.6. The monoisotopic (exact) mass is 392 g/mol. The van der Waals surface area contributed by atoms with Gasteiger partial charge in [-0.2, -0.15) is 0 Å². The van der Waals surface area contributed by atoms with Crippen LogP contribution in [0.25, 0.3) is 11.6 Å². The summed E-state index contributed by atoms with van der Waals surface area (Å²) in [6, 6.07) is 9.01. The van der Waals surface area contributed by atoms with Crippen LogP contribution in [-0.4, -0.2) is 27.8 Å². The molecule has 0 saturated heterocycles. The lowest BCUT2D eigenvalue weighted by Gasteiger charge is -2.10. The van der Waals surface area contributed by atoms with Crippen molar-refractivity contribution in [3.63, 3.8) is 0 Å². The van der Waals surface area contributed by atoms with Crippen LogP contribution in [0, 0.1) is 0 Å². The van der Waals surface area contributed by atoms with E-state index in [1.54, 1.807) is 31.6 Å². The summed E-state index contributed by atoms with van der Waals surface area (Å²) in [6.07, 6.45) is 1.74. The summed E-state index contributed by atoms with van der Waals surface area (Å²) >= 11 is 7.55. The minimum atomic E-state index is -0.392. The van der Waals surface area contributed by atoms with Crippen molar-refractivity contribution < 1.29 is 13.9 Å². The van der Waals surface area contributed by atoms with E-state index in [4.69, 9.17) is 26.5 Å². The Bertz CT molecular complexity index is 896. The van der Waals surface area contributed by atoms with E-state index in [2.05, 4.69) is 10.2 Å². The van der Waals surface area contributed by atoms with Crippen LogP contribution < -0.4 is 10.5 Å². The molecule has 2 aromatic heterocycles. The molecule has 3 rings (SSSR count). The average Bonchev–Trinajstić information content (AvgIpc) is 3.27. The van der Waals surface area contributed by atoms with Crippen molar-refractivity contribution in [1.29, 1.82) is 0 Å². The number of halogens is 1. The number of ether oxygens (including phenoxy) is 1. The lowest BCUT2D eigenvalue weighted by atomic mass is 10.2. The van der Waals surface area contributed by atoms with Gasteiger partial charge in [0.15, 0.2) is 16.7 Å². The van der Waals surface area contributed by atoms with Crippen molar-refractivity contribution in [2.24, 2.45) is 5.73 Å². The normalized spacial score (nSPS) is 10.8. The predicted octanol–water partition coefficient (Wildman–Crippen LogP) is 3.37. The van der Waals surface area contributed by atoms with E-state index in [0.29, 0.717) is 34.1 Å². The zero-order chi connectivity index (χ0) is 18.5. The lowest BCUT2D eigenvalue weighted by Crippen LogP contribution is -2.15. The third-order valence-corrected chi connectivity index (χ3v) is 4.89. The zero-order valence-corrected chi connectivity index (χ0v) is 15.6. The van der Waals surface area contributed by atoms with Gasteiger partial charge in [0.05, 0.1) is 13.4 Å². The van der Waals surface area contributed by atoms with Gasteiger partial charge >= 0.3 is 0 Å². The Balaban J connectivity index is 1.85. The van der Waals surface area contributed by atoms with Gasteiger partial charge in [-0.25, -0.2) is 0 Å². The molecule has 2 heterocycles. The van der Waals surface area contributed by atoms with Crippen LogP contribution in [0.1, 0.15) is 12.0 Å². The highest BCUT2D eigenvalue weighted by Gasteiger charge is 2.17. The summed E-state index contributed by atoms with van der Waals surface area (Å²) in [5, 5.41) is 9.72. The van der Waals surface area contributed by atoms with Crippen LogP contribution in [-0.2, 0) is 17.1 Å². The molecule has 136 valence electrons. The highest BCUT2D eigenvalue weighted by atomic mass is 35.5. The van der Waals surface area contributed by atoms with Crippen molar-refractivity contribution in [3.05, 3.63) is 47.2 Å². The maximum atomic E-state index is 11.2. The van der Waals surface area contributed by atoms with Gasteiger partial charge in [0.2, 0.25) is 5.91 Å². The number of thioether (sulfide) groups is 1. The Kier molecular flexibility index (Phi) is 5.85. The van der Waals surface area contributed by atoms with Gasteiger partial charge in [-0.3, -0.25) is 9.36 Å². The van der Waals surface area contributed by atoms with Crippen molar-refractivity contribution in [2.75, 3.05) is 7.11 Å². The molecule has 0 unspecified atom stereocenters. The molecule has 1 aromatic carbocycles. The Hall–Kier alpha value is -2.45. The number of rotatable bonds is 8. The summed E-state index contributed by atoms with van der Waals surface area (Å²) in [6.45, 7) is 0.368. The second kappa shape index (κ2) is 8.29. The van der Waals surface area contributed by atoms with Crippen LogP contribution in [0.15, 0.2) is 46.2 Å². The molecule has 26 heavy (non-hydrogen) atoms. The number of furan rings is 1. The van der Waals surface area contributed by atoms with Crippen LogP contribution in [0.5, 0.6) is 5.75 Å². The van der Waals surface area contributed by atoms with Crippen molar-refractivity contribution in [1.82, 2.24) is 14.8 Å². The molecule has 2 N–H and O–H groups in total. The van der Waals surface area contributed by atoms with Gasteiger partial charge in [0.1, 0.15) is 5.75 Å². The van der Waals surface area contributed by atoms with Gasteiger partial charge < -0.3 is 14.9 Å². The maximum absolute atomic E-state index is 11.2. The first-order valence-electron chi connectivity index (χ1n) is 7.79. The van der Waals surface area contributed by atoms with Gasteiger partial charge in [0.25, 0.3) is 0 Å². The van der Waals surface area contributed by atoms with Crippen molar-refractivity contribution >= 4 is 29.3 Å². The number of hydrogen-bond donors (Lipinski definition) is 1. The number of hydrogen-bond acceptors (Lipinski definition) is 6.